The van der Waals surface area contributed by atoms with Gasteiger partial charge in [0.25, 0.3) is 0 Å². The molecule has 0 aliphatic heterocycles. The molecule has 0 bridgehead atoms. The van der Waals surface area contributed by atoms with Gasteiger partial charge < -0.3 is 10.1 Å². The van der Waals surface area contributed by atoms with Crippen molar-refractivity contribution < 1.29 is 4.74 Å². The molecule has 118 valence electrons. The Bertz CT molecular complexity index is 388. The molecule has 1 aromatic carbocycles. The summed E-state index contributed by atoms with van der Waals surface area (Å²) in [6.07, 6.45) is 7.35. The molecule has 1 aliphatic carbocycles. The van der Waals surface area contributed by atoms with Crippen molar-refractivity contribution in [1.29, 1.82) is 0 Å². The van der Waals surface area contributed by atoms with Crippen LogP contribution in [0.4, 0.5) is 0 Å². The zero-order valence-corrected chi connectivity index (χ0v) is 13.7. The van der Waals surface area contributed by atoms with E-state index in [0.29, 0.717) is 0 Å². The van der Waals surface area contributed by atoms with Gasteiger partial charge in [-0.25, -0.2) is 0 Å². The molecule has 0 aromatic heterocycles. The predicted octanol–water partition coefficient (Wildman–Crippen LogP) is 4.29. The van der Waals surface area contributed by atoms with Crippen molar-refractivity contribution in [3.8, 4) is 0 Å². The highest BCUT2D eigenvalue weighted by molar-refractivity contribution is 5.26. The van der Waals surface area contributed by atoms with Gasteiger partial charge in [0.2, 0.25) is 0 Å². The van der Waals surface area contributed by atoms with Gasteiger partial charge in [-0.1, -0.05) is 50.6 Å². The largest absolute Gasteiger partial charge is 0.381 e. The second-order valence-corrected chi connectivity index (χ2v) is 6.37. The number of ether oxygens (including phenoxy) is 1. The Hall–Kier alpha value is -0.860. The van der Waals surface area contributed by atoms with Crippen LogP contribution in [0.1, 0.15) is 57.9 Å². The molecule has 0 saturated heterocycles. The van der Waals surface area contributed by atoms with Gasteiger partial charge >= 0.3 is 0 Å². The minimum Gasteiger partial charge on any atom is -0.381 e. The van der Waals surface area contributed by atoms with E-state index in [9.17, 15) is 0 Å². The van der Waals surface area contributed by atoms with Crippen LogP contribution in [0.25, 0.3) is 0 Å². The first-order chi connectivity index (χ1) is 10.3. The predicted molar refractivity (Wildman–Crippen MR) is 89.8 cm³/mol. The lowest BCUT2D eigenvalue weighted by atomic mass is 9.75. The molecular formula is C19H31NO. The van der Waals surface area contributed by atoms with E-state index in [1.165, 1.54) is 31.2 Å². The monoisotopic (exact) mass is 289 g/mol. The van der Waals surface area contributed by atoms with Crippen LogP contribution >= 0.6 is 0 Å². The molecule has 1 aromatic rings. The lowest BCUT2D eigenvalue weighted by Gasteiger charge is -2.34. The van der Waals surface area contributed by atoms with Crippen molar-refractivity contribution >= 4 is 0 Å². The van der Waals surface area contributed by atoms with Crippen LogP contribution in [0.15, 0.2) is 30.3 Å². The van der Waals surface area contributed by atoms with Gasteiger partial charge in [-0.15, -0.1) is 0 Å². The summed E-state index contributed by atoms with van der Waals surface area (Å²) in [6.45, 7) is 7.38. The maximum absolute atomic E-state index is 5.85. The van der Waals surface area contributed by atoms with Gasteiger partial charge in [0.15, 0.2) is 0 Å². The summed E-state index contributed by atoms with van der Waals surface area (Å²) in [7, 11) is 0. The number of hydrogen-bond donors (Lipinski definition) is 1. The standard InChI is InChI=1S/C19H31NO/c1-3-5-14-21-15-13-19(4-2,16-20-18-11-12-18)17-9-7-6-8-10-17/h6-10,18,20H,3-5,11-16H2,1-2H3. The number of benzene rings is 1. The third-order valence-corrected chi connectivity index (χ3v) is 4.74. The molecule has 1 atom stereocenters. The second-order valence-electron chi connectivity index (χ2n) is 6.37. The summed E-state index contributed by atoms with van der Waals surface area (Å²) < 4.78 is 5.85. The number of unbranched alkanes of at least 4 members (excludes halogenated alkanes) is 1. The van der Waals surface area contributed by atoms with Crippen LogP contribution in [-0.4, -0.2) is 25.8 Å². The highest BCUT2D eigenvalue weighted by atomic mass is 16.5. The van der Waals surface area contributed by atoms with Gasteiger partial charge in [-0.05, 0) is 37.7 Å². The minimum absolute atomic E-state index is 0.218. The van der Waals surface area contributed by atoms with Crippen LogP contribution < -0.4 is 5.32 Å². The molecule has 21 heavy (non-hydrogen) atoms. The van der Waals surface area contributed by atoms with Gasteiger partial charge in [0.1, 0.15) is 0 Å². The van der Waals surface area contributed by atoms with Crippen molar-refractivity contribution in [3.05, 3.63) is 35.9 Å². The molecule has 0 amide bonds. The Kier molecular flexibility index (Phi) is 6.72. The van der Waals surface area contributed by atoms with E-state index in [4.69, 9.17) is 4.74 Å². The molecular weight excluding hydrogens is 258 g/mol. The Labute approximate surface area is 130 Å². The highest BCUT2D eigenvalue weighted by Crippen LogP contribution is 2.32. The molecule has 2 rings (SSSR count). The zero-order valence-electron chi connectivity index (χ0n) is 13.7. The van der Waals surface area contributed by atoms with Crippen LogP contribution in [0, 0.1) is 0 Å². The fourth-order valence-corrected chi connectivity index (χ4v) is 2.88. The normalized spacial score (nSPS) is 17.6. The molecule has 1 unspecified atom stereocenters. The first-order valence-corrected chi connectivity index (χ1v) is 8.67. The maximum atomic E-state index is 5.85. The molecule has 0 radical (unpaired) electrons. The first-order valence-electron chi connectivity index (χ1n) is 8.67. The summed E-state index contributed by atoms with van der Waals surface area (Å²) >= 11 is 0. The van der Waals surface area contributed by atoms with Crippen LogP contribution in [0.5, 0.6) is 0 Å². The van der Waals surface area contributed by atoms with E-state index in [1.807, 2.05) is 0 Å². The quantitative estimate of drug-likeness (QED) is 0.613. The number of hydrogen-bond acceptors (Lipinski definition) is 2. The summed E-state index contributed by atoms with van der Waals surface area (Å²) in [5.41, 5.74) is 1.68. The smallest absolute Gasteiger partial charge is 0.0475 e. The van der Waals surface area contributed by atoms with Gasteiger partial charge in [0, 0.05) is 31.2 Å². The van der Waals surface area contributed by atoms with Crippen molar-refractivity contribution in [3.63, 3.8) is 0 Å². The third kappa shape index (κ3) is 5.12. The topological polar surface area (TPSA) is 21.3 Å². The number of nitrogens with one attached hydrogen (secondary N) is 1. The molecule has 1 saturated carbocycles. The van der Waals surface area contributed by atoms with Crippen molar-refractivity contribution in [2.45, 2.75) is 63.8 Å². The molecule has 1 fully saturated rings. The average Bonchev–Trinajstić information content (AvgIpc) is 3.36. The molecule has 1 N–H and O–H groups in total. The fraction of sp³-hybridized carbons (Fsp3) is 0.684. The van der Waals surface area contributed by atoms with Crippen LogP contribution in [-0.2, 0) is 10.2 Å². The molecule has 2 nitrogen and oxygen atoms in total. The Morgan fingerprint density at radius 1 is 1.14 bits per heavy atom. The van der Waals surface area contributed by atoms with E-state index in [2.05, 4.69) is 49.5 Å². The van der Waals surface area contributed by atoms with E-state index < -0.39 is 0 Å². The lowest BCUT2D eigenvalue weighted by molar-refractivity contribution is 0.109. The summed E-state index contributed by atoms with van der Waals surface area (Å²) in [4.78, 5) is 0. The lowest BCUT2D eigenvalue weighted by Crippen LogP contribution is -2.39. The van der Waals surface area contributed by atoms with Gasteiger partial charge in [0.05, 0.1) is 0 Å². The Morgan fingerprint density at radius 2 is 1.90 bits per heavy atom. The van der Waals surface area contributed by atoms with Crippen LogP contribution in [0.3, 0.4) is 0 Å². The van der Waals surface area contributed by atoms with Gasteiger partial charge in [-0.2, -0.15) is 0 Å². The highest BCUT2D eigenvalue weighted by Gasteiger charge is 2.32. The SMILES string of the molecule is CCCCOCCC(CC)(CNC1CC1)c1ccccc1. The van der Waals surface area contributed by atoms with E-state index >= 15 is 0 Å². The first kappa shape index (κ1) is 16.5. The molecule has 0 heterocycles. The van der Waals surface area contributed by atoms with Crippen LogP contribution in [0.2, 0.25) is 0 Å². The number of rotatable bonds is 11. The second kappa shape index (κ2) is 8.55. The molecule has 0 spiro atoms. The Morgan fingerprint density at radius 3 is 2.52 bits per heavy atom. The summed E-state index contributed by atoms with van der Waals surface area (Å²) in [5.74, 6) is 0. The van der Waals surface area contributed by atoms with Crippen molar-refractivity contribution in [2.24, 2.45) is 0 Å². The minimum atomic E-state index is 0.218. The summed E-state index contributed by atoms with van der Waals surface area (Å²) in [5, 5.41) is 3.74. The van der Waals surface area contributed by atoms with Crippen molar-refractivity contribution in [2.75, 3.05) is 19.8 Å². The van der Waals surface area contributed by atoms with E-state index in [1.54, 1.807) is 0 Å². The fourth-order valence-electron chi connectivity index (χ4n) is 2.88. The molecule has 2 heteroatoms. The van der Waals surface area contributed by atoms with Gasteiger partial charge in [-0.3, -0.25) is 0 Å². The average molecular weight is 289 g/mol. The Balaban J connectivity index is 1.96. The van der Waals surface area contributed by atoms with E-state index in [-0.39, 0.29) is 5.41 Å². The third-order valence-electron chi connectivity index (χ3n) is 4.74. The summed E-state index contributed by atoms with van der Waals surface area (Å²) in [6, 6.07) is 11.8. The maximum Gasteiger partial charge on any atom is 0.0475 e. The zero-order chi connectivity index (χ0) is 15.0. The van der Waals surface area contributed by atoms with Crippen molar-refractivity contribution in [1.82, 2.24) is 5.32 Å². The molecule has 1 aliphatic rings. The van der Waals surface area contributed by atoms with E-state index in [0.717, 1.165) is 38.6 Å².